The number of benzene rings is 1. The molecule has 0 bridgehead atoms. The predicted octanol–water partition coefficient (Wildman–Crippen LogP) is 3.33. The van der Waals surface area contributed by atoms with Gasteiger partial charge in [0.15, 0.2) is 0 Å². The van der Waals surface area contributed by atoms with E-state index < -0.39 is 11.7 Å². The standard InChI is InChI=1S/C17H20F3NO2/c1-21(14-6-11-8-15(22)9-12(11)7-14)16(23)10-3-2-4-13(5-10)17(18,19)20/h2-5,11-12,14-15,22H,6-9H2,1H3/t11-,12+,14?,15?. The zero-order chi connectivity index (χ0) is 16.8. The molecule has 4 atom stereocenters. The van der Waals surface area contributed by atoms with Gasteiger partial charge in [-0.25, -0.2) is 0 Å². The molecule has 126 valence electrons. The summed E-state index contributed by atoms with van der Waals surface area (Å²) in [5.41, 5.74) is -0.734. The van der Waals surface area contributed by atoms with Gasteiger partial charge < -0.3 is 10.0 Å². The maximum absolute atomic E-state index is 12.8. The summed E-state index contributed by atoms with van der Waals surface area (Å²) in [5, 5.41) is 9.67. The number of carbonyl (C=O) groups is 1. The predicted molar refractivity (Wildman–Crippen MR) is 78.8 cm³/mol. The Hall–Kier alpha value is -1.56. The van der Waals surface area contributed by atoms with Gasteiger partial charge in [0.1, 0.15) is 0 Å². The molecule has 23 heavy (non-hydrogen) atoms. The van der Waals surface area contributed by atoms with Gasteiger partial charge in [-0.2, -0.15) is 13.2 Å². The Morgan fingerprint density at radius 2 is 1.78 bits per heavy atom. The van der Waals surface area contributed by atoms with E-state index >= 15 is 0 Å². The van der Waals surface area contributed by atoms with Crippen molar-refractivity contribution < 1.29 is 23.1 Å². The summed E-state index contributed by atoms with van der Waals surface area (Å²) in [6, 6.07) is 4.62. The van der Waals surface area contributed by atoms with Crippen molar-refractivity contribution in [3.63, 3.8) is 0 Å². The number of fused-ring (bicyclic) bond motifs is 1. The number of rotatable bonds is 2. The summed E-state index contributed by atoms with van der Waals surface area (Å²) in [4.78, 5) is 14.1. The molecular formula is C17H20F3NO2. The van der Waals surface area contributed by atoms with Gasteiger partial charge in [-0.3, -0.25) is 4.79 Å². The smallest absolute Gasteiger partial charge is 0.393 e. The van der Waals surface area contributed by atoms with Gasteiger partial charge in [-0.1, -0.05) is 6.07 Å². The normalized spacial score (nSPS) is 30.3. The van der Waals surface area contributed by atoms with Gasteiger partial charge in [0.2, 0.25) is 0 Å². The van der Waals surface area contributed by atoms with E-state index in [0.29, 0.717) is 11.8 Å². The molecule has 6 heteroatoms. The number of nitrogens with zero attached hydrogens (tertiary/aromatic N) is 1. The molecule has 0 aliphatic heterocycles. The summed E-state index contributed by atoms with van der Waals surface area (Å²) in [6.07, 6.45) is -1.50. The average molecular weight is 327 g/mol. The highest BCUT2D eigenvalue weighted by Crippen LogP contribution is 2.45. The second-order valence-electron chi connectivity index (χ2n) is 6.77. The number of hydrogen-bond acceptors (Lipinski definition) is 2. The van der Waals surface area contributed by atoms with Crippen molar-refractivity contribution in [3.8, 4) is 0 Å². The first-order valence-corrected chi connectivity index (χ1v) is 7.88. The lowest BCUT2D eigenvalue weighted by Gasteiger charge is -2.26. The summed E-state index contributed by atoms with van der Waals surface area (Å²) >= 11 is 0. The molecule has 1 amide bonds. The first-order valence-electron chi connectivity index (χ1n) is 7.88. The minimum absolute atomic E-state index is 0.0412. The molecule has 3 rings (SSSR count). The molecule has 2 unspecified atom stereocenters. The fraction of sp³-hybridized carbons (Fsp3) is 0.588. The monoisotopic (exact) mass is 327 g/mol. The SMILES string of the molecule is CN(C(=O)c1cccc(C(F)(F)F)c1)C1C[C@H]2CC(O)C[C@H]2C1. The largest absolute Gasteiger partial charge is 0.416 e. The van der Waals surface area contributed by atoms with E-state index in [1.807, 2.05) is 0 Å². The van der Waals surface area contributed by atoms with Crippen molar-refractivity contribution >= 4 is 5.91 Å². The number of amides is 1. The van der Waals surface area contributed by atoms with Crippen LogP contribution in [0.2, 0.25) is 0 Å². The van der Waals surface area contributed by atoms with Crippen LogP contribution in [0.4, 0.5) is 13.2 Å². The Morgan fingerprint density at radius 3 is 2.35 bits per heavy atom. The maximum Gasteiger partial charge on any atom is 0.416 e. The first kappa shape index (κ1) is 16.3. The molecule has 0 aromatic heterocycles. The minimum atomic E-state index is -4.45. The molecule has 1 aromatic rings. The van der Waals surface area contributed by atoms with Crippen LogP contribution in [0.25, 0.3) is 0 Å². The van der Waals surface area contributed by atoms with Crippen LogP contribution in [0.1, 0.15) is 41.6 Å². The molecule has 1 N–H and O–H groups in total. The summed E-state index contributed by atoms with van der Waals surface area (Å²) in [7, 11) is 1.66. The average Bonchev–Trinajstić information content (AvgIpc) is 3.02. The Kier molecular flexibility index (Phi) is 4.12. The maximum atomic E-state index is 12.8. The van der Waals surface area contributed by atoms with E-state index in [0.717, 1.165) is 37.8 Å². The van der Waals surface area contributed by atoms with Crippen molar-refractivity contribution in [1.82, 2.24) is 4.90 Å². The molecule has 0 spiro atoms. The quantitative estimate of drug-likeness (QED) is 0.905. The van der Waals surface area contributed by atoms with Gasteiger partial charge in [-0.15, -0.1) is 0 Å². The fourth-order valence-electron chi connectivity index (χ4n) is 4.07. The lowest BCUT2D eigenvalue weighted by Crippen LogP contribution is -2.36. The fourth-order valence-corrected chi connectivity index (χ4v) is 4.07. The highest BCUT2D eigenvalue weighted by Gasteiger charge is 2.43. The highest BCUT2D eigenvalue weighted by atomic mass is 19.4. The summed E-state index contributed by atoms with van der Waals surface area (Å²) in [5.74, 6) is 0.472. The molecule has 2 aliphatic carbocycles. The molecule has 0 radical (unpaired) electrons. The zero-order valence-electron chi connectivity index (χ0n) is 12.9. The third-order valence-electron chi connectivity index (χ3n) is 5.27. The molecule has 0 heterocycles. The second kappa shape index (κ2) is 5.82. The summed E-state index contributed by atoms with van der Waals surface area (Å²) < 4.78 is 38.3. The van der Waals surface area contributed by atoms with Gasteiger partial charge in [0.25, 0.3) is 5.91 Å². The van der Waals surface area contributed by atoms with E-state index in [2.05, 4.69) is 0 Å². The number of hydrogen-bond donors (Lipinski definition) is 1. The summed E-state index contributed by atoms with van der Waals surface area (Å²) in [6.45, 7) is 0. The Bertz CT molecular complexity index is 588. The molecular weight excluding hydrogens is 307 g/mol. The number of carbonyl (C=O) groups excluding carboxylic acids is 1. The second-order valence-corrected chi connectivity index (χ2v) is 6.77. The molecule has 0 saturated heterocycles. The Morgan fingerprint density at radius 1 is 1.17 bits per heavy atom. The van der Waals surface area contributed by atoms with Crippen LogP contribution in [0.3, 0.4) is 0 Å². The van der Waals surface area contributed by atoms with Gasteiger partial charge in [-0.05, 0) is 55.7 Å². The van der Waals surface area contributed by atoms with E-state index in [4.69, 9.17) is 0 Å². The van der Waals surface area contributed by atoms with Gasteiger partial charge in [0, 0.05) is 18.7 Å². The number of halogens is 3. The van der Waals surface area contributed by atoms with Crippen LogP contribution in [-0.4, -0.2) is 35.1 Å². The van der Waals surface area contributed by atoms with Crippen LogP contribution in [0.5, 0.6) is 0 Å². The molecule has 2 fully saturated rings. The van der Waals surface area contributed by atoms with Crippen molar-refractivity contribution in [2.24, 2.45) is 11.8 Å². The van der Waals surface area contributed by atoms with Crippen molar-refractivity contribution in [2.75, 3.05) is 7.05 Å². The van der Waals surface area contributed by atoms with Crippen molar-refractivity contribution in [3.05, 3.63) is 35.4 Å². The van der Waals surface area contributed by atoms with Crippen LogP contribution < -0.4 is 0 Å². The van der Waals surface area contributed by atoms with E-state index in [1.54, 1.807) is 11.9 Å². The van der Waals surface area contributed by atoms with E-state index in [1.165, 1.54) is 12.1 Å². The molecule has 2 saturated carbocycles. The molecule has 3 nitrogen and oxygen atoms in total. The van der Waals surface area contributed by atoms with Crippen molar-refractivity contribution in [2.45, 2.75) is 44.0 Å². The lowest BCUT2D eigenvalue weighted by molar-refractivity contribution is -0.137. The van der Waals surface area contributed by atoms with Crippen LogP contribution >= 0.6 is 0 Å². The molecule has 2 aliphatic rings. The van der Waals surface area contributed by atoms with Crippen LogP contribution in [0.15, 0.2) is 24.3 Å². The number of aliphatic hydroxyl groups is 1. The van der Waals surface area contributed by atoms with Gasteiger partial charge in [0.05, 0.1) is 11.7 Å². The molecule has 1 aromatic carbocycles. The Labute approximate surface area is 133 Å². The third kappa shape index (κ3) is 3.22. The topological polar surface area (TPSA) is 40.5 Å². The number of alkyl halides is 3. The van der Waals surface area contributed by atoms with Crippen LogP contribution in [-0.2, 0) is 6.18 Å². The lowest BCUT2D eigenvalue weighted by atomic mass is 10.0. The zero-order valence-corrected chi connectivity index (χ0v) is 12.9. The van der Waals surface area contributed by atoms with Crippen molar-refractivity contribution in [1.29, 1.82) is 0 Å². The highest BCUT2D eigenvalue weighted by molar-refractivity contribution is 5.94. The van der Waals surface area contributed by atoms with Gasteiger partial charge >= 0.3 is 6.18 Å². The minimum Gasteiger partial charge on any atom is -0.393 e. The first-order chi connectivity index (χ1) is 10.8. The Balaban J connectivity index is 1.71. The van der Waals surface area contributed by atoms with Crippen LogP contribution in [0, 0.1) is 11.8 Å². The number of aliphatic hydroxyl groups excluding tert-OH is 1. The van der Waals surface area contributed by atoms with E-state index in [9.17, 15) is 23.1 Å². The third-order valence-corrected chi connectivity index (χ3v) is 5.27. The van der Waals surface area contributed by atoms with E-state index in [-0.39, 0.29) is 23.6 Å².